The Kier molecular flexibility index (Phi) is 9.40. The highest BCUT2D eigenvalue weighted by Gasteiger charge is 2.33. The number of benzene rings is 2. The van der Waals surface area contributed by atoms with Gasteiger partial charge in [-0.15, -0.1) is 0 Å². The average molecular weight is 731 g/mol. The van der Waals surface area contributed by atoms with Crippen molar-refractivity contribution in [2.24, 2.45) is 14.1 Å². The Morgan fingerprint density at radius 1 is 1.08 bits per heavy atom. The minimum atomic E-state index is -1.25. The van der Waals surface area contributed by atoms with Gasteiger partial charge in [0.25, 0.3) is 11.5 Å². The van der Waals surface area contributed by atoms with Gasteiger partial charge >= 0.3 is 0 Å². The number of nitrogens with one attached hydrogen (secondary N) is 4. The van der Waals surface area contributed by atoms with E-state index in [4.69, 9.17) is 16.3 Å². The van der Waals surface area contributed by atoms with Gasteiger partial charge in [-0.3, -0.25) is 29.2 Å². The van der Waals surface area contributed by atoms with Crippen LogP contribution in [0.3, 0.4) is 0 Å². The number of imide groups is 1. The number of hydrogen-bond acceptors (Lipinski definition) is 11. The smallest absolute Gasteiger partial charge is 0.293 e. The number of ether oxygens (including phenoxy) is 1. The molecule has 2 aromatic carbocycles. The lowest BCUT2D eigenvalue weighted by Crippen LogP contribution is -2.48. The largest absolute Gasteiger partial charge is 0.478 e. The van der Waals surface area contributed by atoms with Crippen molar-refractivity contribution in [3.05, 3.63) is 69.7 Å². The first kappa shape index (κ1) is 34.7. The summed E-state index contributed by atoms with van der Waals surface area (Å²) in [5.41, 5.74) is 3.03. The number of carbonyl (C=O) groups excluding carboxylic acids is 3. The Hall–Kier alpha value is -5.77. The van der Waals surface area contributed by atoms with Crippen molar-refractivity contribution < 1.29 is 23.5 Å². The summed E-state index contributed by atoms with van der Waals surface area (Å²) in [7, 11) is 4.89. The second-order valence-corrected chi connectivity index (χ2v) is 13.3. The van der Waals surface area contributed by atoms with E-state index in [2.05, 4.69) is 36.3 Å². The molecule has 2 aliphatic rings. The van der Waals surface area contributed by atoms with Gasteiger partial charge in [0.1, 0.15) is 11.2 Å². The molecule has 7 rings (SSSR count). The summed E-state index contributed by atoms with van der Waals surface area (Å²) < 4.78 is 24.3. The Bertz CT molecular complexity index is 2290. The number of piperidine rings is 2. The summed E-state index contributed by atoms with van der Waals surface area (Å²) >= 11 is 6.48. The molecule has 3 amide bonds. The molecule has 4 N–H and O–H groups in total. The fourth-order valence-corrected chi connectivity index (χ4v) is 6.77. The lowest BCUT2D eigenvalue weighted by molar-refractivity contribution is -0.134. The normalized spacial score (nSPS) is 19.1. The first-order valence-corrected chi connectivity index (χ1v) is 17.1. The highest BCUT2D eigenvalue weighted by atomic mass is 35.5. The number of carbonyl (C=O) groups is 3. The van der Waals surface area contributed by atoms with Gasteiger partial charge in [-0.1, -0.05) is 11.6 Å². The van der Waals surface area contributed by atoms with Crippen LogP contribution in [0.2, 0.25) is 5.02 Å². The monoisotopic (exact) mass is 730 g/mol. The second kappa shape index (κ2) is 14.1. The number of likely N-dealkylation sites (N-methyl/N-ethyl adjacent to an activating group) is 1. The van der Waals surface area contributed by atoms with Crippen molar-refractivity contribution in [1.82, 2.24) is 34.9 Å². The van der Waals surface area contributed by atoms with Crippen molar-refractivity contribution in [3.63, 3.8) is 0 Å². The van der Waals surface area contributed by atoms with Gasteiger partial charge in [0.15, 0.2) is 18.2 Å². The van der Waals surface area contributed by atoms with Crippen LogP contribution in [0.1, 0.15) is 30.9 Å². The number of nitrogens with zero attached hydrogens (tertiary/aromatic N) is 6. The Morgan fingerprint density at radius 3 is 2.65 bits per heavy atom. The third-order valence-electron chi connectivity index (χ3n) is 9.45. The molecule has 0 aliphatic carbocycles. The summed E-state index contributed by atoms with van der Waals surface area (Å²) in [6, 6.07) is 12.1. The Morgan fingerprint density at radius 2 is 1.88 bits per heavy atom. The number of anilines is 4. The maximum Gasteiger partial charge on any atom is 0.293 e. The van der Waals surface area contributed by atoms with Crippen molar-refractivity contribution in [2.45, 2.75) is 37.4 Å². The number of amides is 3. The summed E-state index contributed by atoms with van der Waals surface area (Å²) in [5.74, 6) is -0.820. The molecule has 0 saturated carbocycles. The molecule has 2 fully saturated rings. The quantitative estimate of drug-likeness (QED) is 0.164. The van der Waals surface area contributed by atoms with Crippen LogP contribution in [0, 0.1) is 0 Å². The van der Waals surface area contributed by atoms with Crippen LogP contribution in [0.15, 0.2) is 53.5 Å². The number of halogens is 2. The van der Waals surface area contributed by atoms with E-state index in [1.165, 1.54) is 17.8 Å². The third kappa shape index (κ3) is 6.80. The fraction of sp³-hybridized carbons (Fsp3) is 0.343. The SMILES string of the molecule is CNC(=O)COc1cc2cc(Nc3nc(N4CC[C@@H](Nc5ccc6c(C7CCC(=O)NC7=O)nn(C)c6c5)[C@@H](F)C4)ncc3Cl)ccc2n(C)c1=O. The van der Waals surface area contributed by atoms with Gasteiger partial charge in [0, 0.05) is 56.3 Å². The van der Waals surface area contributed by atoms with Gasteiger partial charge in [-0.2, -0.15) is 10.1 Å². The van der Waals surface area contributed by atoms with Crippen LogP contribution in [0.25, 0.3) is 21.8 Å². The Labute approximate surface area is 301 Å². The predicted molar refractivity (Wildman–Crippen MR) is 194 cm³/mol. The van der Waals surface area contributed by atoms with Crippen molar-refractivity contribution >= 4 is 74.3 Å². The molecule has 0 spiro atoms. The lowest BCUT2D eigenvalue weighted by Gasteiger charge is -2.35. The number of fused-ring (bicyclic) bond motifs is 2. The molecule has 2 saturated heterocycles. The van der Waals surface area contributed by atoms with Crippen LogP contribution < -0.4 is 36.5 Å². The highest BCUT2D eigenvalue weighted by Crippen LogP contribution is 2.33. The highest BCUT2D eigenvalue weighted by molar-refractivity contribution is 6.33. The molecule has 5 heterocycles. The molecule has 52 heavy (non-hydrogen) atoms. The van der Waals surface area contributed by atoms with Gasteiger partial charge in [0.2, 0.25) is 17.8 Å². The van der Waals surface area contributed by atoms with Crippen molar-refractivity contribution in [2.75, 3.05) is 42.3 Å². The molecule has 0 bridgehead atoms. The molecule has 17 heteroatoms. The molecule has 0 radical (unpaired) electrons. The standard InChI is InChI=1S/C35H36ClFN10O5/c1-38-30(49)17-52-28-13-18-12-19(5-8-26(18)45(2)34(28)51)41-32-23(36)15-39-35(43-32)47-11-10-25(24(37)16-47)40-20-4-6-21-27(14-20)46(3)44-31(21)22-7-9-29(48)42-33(22)50/h4-6,8,12-15,22,24-25,40H,7,9-11,16-17H2,1-3H3,(H,38,49)(H,39,41,43)(H,42,48,50)/t22?,24-,25+/m0/s1. The van der Waals surface area contributed by atoms with E-state index in [0.29, 0.717) is 53.4 Å². The minimum Gasteiger partial charge on any atom is -0.478 e. The first-order valence-electron chi connectivity index (χ1n) is 16.7. The molecule has 3 atom stereocenters. The van der Waals surface area contributed by atoms with Crippen LogP contribution in [-0.2, 0) is 28.5 Å². The fourth-order valence-electron chi connectivity index (χ4n) is 6.63. The Balaban J connectivity index is 1.03. The summed E-state index contributed by atoms with van der Waals surface area (Å²) in [4.78, 5) is 59.3. The predicted octanol–water partition coefficient (Wildman–Crippen LogP) is 3.29. The average Bonchev–Trinajstić information content (AvgIpc) is 3.45. The third-order valence-corrected chi connectivity index (χ3v) is 9.72. The molecule has 15 nitrogen and oxygen atoms in total. The van der Waals surface area contributed by atoms with Crippen LogP contribution in [-0.4, -0.2) is 81.0 Å². The van der Waals surface area contributed by atoms with E-state index >= 15 is 4.39 Å². The van der Waals surface area contributed by atoms with Gasteiger partial charge in [0.05, 0.1) is 41.4 Å². The van der Waals surface area contributed by atoms with Gasteiger partial charge in [-0.25, -0.2) is 9.37 Å². The van der Waals surface area contributed by atoms with E-state index in [1.54, 1.807) is 47.9 Å². The zero-order chi connectivity index (χ0) is 36.7. The van der Waals surface area contributed by atoms with Crippen LogP contribution in [0.5, 0.6) is 5.75 Å². The zero-order valence-corrected chi connectivity index (χ0v) is 29.3. The van der Waals surface area contributed by atoms with Crippen LogP contribution >= 0.6 is 11.6 Å². The minimum absolute atomic E-state index is 0.0354. The molecule has 5 aromatic rings. The molecule has 270 valence electrons. The number of aromatic nitrogens is 5. The van der Waals surface area contributed by atoms with E-state index in [9.17, 15) is 19.2 Å². The summed E-state index contributed by atoms with van der Waals surface area (Å²) in [6.07, 6.45) is 1.34. The molecule has 2 aliphatic heterocycles. The first-order chi connectivity index (χ1) is 25.0. The van der Waals surface area contributed by atoms with E-state index < -0.39 is 18.1 Å². The van der Waals surface area contributed by atoms with Crippen molar-refractivity contribution in [1.29, 1.82) is 0 Å². The number of rotatable bonds is 9. The second-order valence-electron chi connectivity index (χ2n) is 12.8. The van der Waals surface area contributed by atoms with Crippen molar-refractivity contribution in [3.8, 4) is 5.75 Å². The van der Waals surface area contributed by atoms with E-state index in [1.807, 2.05) is 18.2 Å². The molecule has 1 unspecified atom stereocenters. The number of aryl methyl sites for hydroxylation is 2. The maximum absolute atomic E-state index is 15.7. The number of hydrogen-bond donors (Lipinski definition) is 4. The van der Waals surface area contributed by atoms with E-state index in [0.717, 1.165) is 16.6 Å². The van der Waals surface area contributed by atoms with Crippen LogP contribution in [0.4, 0.5) is 27.5 Å². The lowest BCUT2D eigenvalue weighted by atomic mass is 9.93. The maximum atomic E-state index is 15.7. The van der Waals surface area contributed by atoms with Gasteiger partial charge < -0.3 is 30.2 Å². The summed E-state index contributed by atoms with van der Waals surface area (Å²) in [6.45, 7) is 0.238. The summed E-state index contributed by atoms with van der Waals surface area (Å²) in [5, 5.41) is 17.7. The zero-order valence-electron chi connectivity index (χ0n) is 28.6. The topological polar surface area (TPSA) is 177 Å². The number of alkyl halides is 1. The molecular formula is C35H36ClFN10O5. The van der Waals surface area contributed by atoms with Gasteiger partial charge in [-0.05, 0) is 55.3 Å². The molecular weight excluding hydrogens is 695 g/mol. The molecule has 3 aromatic heterocycles. The van der Waals surface area contributed by atoms with E-state index in [-0.39, 0.29) is 53.6 Å². The number of pyridine rings is 1.